The molecular formula is C22H38O18. The Hall–Kier alpha value is -0.720. The van der Waals surface area contributed by atoms with Crippen LogP contribution in [0.5, 0.6) is 0 Å². The third-order valence-corrected chi connectivity index (χ3v) is 7.41. The molecule has 234 valence electrons. The summed E-state index contributed by atoms with van der Waals surface area (Å²) >= 11 is 0. The standard InChI is InChI=1S/C22H38O18/c1-5-9(25)17(39-20-14(30)10(26)6(24)3-35-20)16(32)22(36-5)40-18-12(28)8(4-34-19(18)33)38-21-15(31)13(29)11(27)7(2-23)37-21/h5-33H,2-4H2,1H3/t5-,6-,7+,8-,9-,10-,11+,12-,13-,14+,15+,16+,17+,18+,19+,20-,21-,22-/m0/s1. The molecule has 4 aliphatic heterocycles. The zero-order valence-corrected chi connectivity index (χ0v) is 21.3. The highest BCUT2D eigenvalue weighted by atomic mass is 16.8. The van der Waals surface area contributed by atoms with Gasteiger partial charge in [-0.15, -0.1) is 0 Å². The number of hydrogen-bond acceptors (Lipinski definition) is 18. The van der Waals surface area contributed by atoms with Crippen LogP contribution in [0.1, 0.15) is 6.92 Å². The van der Waals surface area contributed by atoms with Crippen molar-refractivity contribution >= 4 is 0 Å². The van der Waals surface area contributed by atoms with Crippen LogP contribution in [-0.2, 0) is 33.2 Å². The Morgan fingerprint density at radius 2 is 1.20 bits per heavy atom. The van der Waals surface area contributed by atoms with Crippen LogP contribution in [-0.4, -0.2) is 187 Å². The molecule has 0 unspecified atom stereocenters. The Morgan fingerprint density at radius 3 is 1.88 bits per heavy atom. The van der Waals surface area contributed by atoms with Crippen LogP contribution in [0.3, 0.4) is 0 Å². The van der Waals surface area contributed by atoms with Gasteiger partial charge < -0.3 is 89.3 Å². The molecule has 4 saturated heterocycles. The number of aliphatic hydroxyl groups is 11. The fourth-order valence-corrected chi connectivity index (χ4v) is 4.87. The van der Waals surface area contributed by atoms with Gasteiger partial charge in [-0.05, 0) is 6.92 Å². The first-order chi connectivity index (χ1) is 18.8. The van der Waals surface area contributed by atoms with Crippen molar-refractivity contribution in [3.05, 3.63) is 0 Å². The van der Waals surface area contributed by atoms with Gasteiger partial charge in [-0.25, -0.2) is 0 Å². The highest BCUT2D eigenvalue weighted by molar-refractivity contribution is 4.94. The molecule has 0 bridgehead atoms. The second kappa shape index (κ2) is 13.3. The lowest BCUT2D eigenvalue weighted by Gasteiger charge is -2.47. The van der Waals surface area contributed by atoms with E-state index in [0.717, 1.165) is 0 Å². The molecule has 18 nitrogen and oxygen atoms in total. The van der Waals surface area contributed by atoms with E-state index in [-0.39, 0.29) is 0 Å². The van der Waals surface area contributed by atoms with Crippen LogP contribution in [0.4, 0.5) is 0 Å². The van der Waals surface area contributed by atoms with E-state index in [9.17, 15) is 56.2 Å². The molecule has 0 amide bonds. The van der Waals surface area contributed by atoms with Gasteiger partial charge in [0.05, 0.1) is 25.9 Å². The van der Waals surface area contributed by atoms with Gasteiger partial charge in [-0.3, -0.25) is 0 Å². The maximum Gasteiger partial charge on any atom is 0.187 e. The largest absolute Gasteiger partial charge is 0.394 e. The lowest BCUT2D eigenvalue weighted by molar-refractivity contribution is -0.379. The third kappa shape index (κ3) is 6.44. The highest BCUT2D eigenvalue weighted by Crippen LogP contribution is 2.32. The van der Waals surface area contributed by atoms with Crippen molar-refractivity contribution in [3.8, 4) is 0 Å². The van der Waals surface area contributed by atoms with E-state index in [1.165, 1.54) is 6.92 Å². The molecule has 18 atom stereocenters. The molecule has 11 N–H and O–H groups in total. The Labute approximate surface area is 227 Å². The first kappa shape index (κ1) is 32.2. The minimum atomic E-state index is -1.81. The minimum Gasteiger partial charge on any atom is -0.394 e. The molecule has 40 heavy (non-hydrogen) atoms. The summed E-state index contributed by atoms with van der Waals surface area (Å²) in [4.78, 5) is 0. The van der Waals surface area contributed by atoms with E-state index in [1.807, 2.05) is 0 Å². The SMILES string of the molecule is C[C@@H]1O[C@@H](O[C@@H]2[C@@H](O)[C@@H](O[C@@H]3O[C@H](CO)[C@@H](O)[C@H](O)[C@H]3O)CO[C@H]2O)[C@H](O)[C@H](O[C@@H]2OC[C@H](O)[C@H](O)[C@H]2O)[C@H]1O. The molecule has 0 aromatic carbocycles. The molecule has 0 aromatic rings. The second-order valence-electron chi connectivity index (χ2n) is 10.2. The van der Waals surface area contributed by atoms with Crippen molar-refractivity contribution in [2.45, 2.75) is 118 Å². The number of rotatable bonds is 7. The van der Waals surface area contributed by atoms with E-state index in [0.29, 0.717) is 0 Å². The number of aliphatic hydroxyl groups excluding tert-OH is 11. The van der Waals surface area contributed by atoms with Gasteiger partial charge in [0.25, 0.3) is 0 Å². The minimum absolute atomic E-state index is 0.401. The van der Waals surface area contributed by atoms with Crippen LogP contribution in [0.15, 0.2) is 0 Å². The molecule has 4 rings (SSSR count). The van der Waals surface area contributed by atoms with Crippen LogP contribution < -0.4 is 0 Å². The van der Waals surface area contributed by atoms with Crippen LogP contribution >= 0.6 is 0 Å². The van der Waals surface area contributed by atoms with Gasteiger partial charge in [0.2, 0.25) is 0 Å². The Morgan fingerprint density at radius 1 is 0.575 bits per heavy atom. The van der Waals surface area contributed by atoms with E-state index in [4.69, 9.17) is 33.2 Å². The molecule has 4 heterocycles. The van der Waals surface area contributed by atoms with Gasteiger partial charge in [-0.1, -0.05) is 0 Å². The Bertz CT molecular complexity index is 806. The van der Waals surface area contributed by atoms with Gasteiger partial charge in [-0.2, -0.15) is 0 Å². The third-order valence-electron chi connectivity index (χ3n) is 7.41. The maximum atomic E-state index is 10.9. The van der Waals surface area contributed by atoms with E-state index < -0.39 is 130 Å². The number of ether oxygens (including phenoxy) is 7. The first-order valence-electron chi connectivity index (χ1n) is 12.8. The molecule has 0 radical (unpaired) electrons. The van der Waals surface area contributed by atoms with Crippen molar-refractivity contribution in [2.24, 2.45) is 0 Å². The van der Waals surface area contributed by atoms with Crippen molar-refractivity contribution < 1.29 is 89.3 Å². The lowest BCUT2D eigenvalue weighted by atomic mass is 9.98. The highest BCUT2D eigenvalue weighted by Gasteiger charge is 2.52. The Balaban J connectivity index is 1.42. The fourth-order valence-electron chi connectivity index (χ4n) is 4.87. The smallest absolute Gasteiger partial charge is 0.187 e. The summed E-state index contributed by atoms with van der Waals surface area (Å²) in [5.74, 6) is 0. The summed E-state index contributed by atoms with van der Waals surface area (Å²) < 4.78 is 37.7. The van der Waals surface area contributed by atoms with E-state index >= 15 is 0 Å². The zero-order valence-electron chi connectivity index (χ0n) is 21.3. The van der Waals surface area contributed by atoms with Crippen molar-refractivity contribution in [2.75, 3.05) is 19.8 Å². The van der Waals surface area contributed by atoms with Crippen molar-refractivity contribution in [1.29, 1.82) is 0 Å². The first-order valence-corrected chi connectivity index (χ1v) is 12.8. The summed E-state index contributed by atoms with van der Waals surface area (Å²) in [6.45, 7) is -0.167. The molecule has 4 aliphatic rings. The predicted molar refractivity (Wildman–Crippen MR) is 120 cm³/mol. The van der Waals surface area contributed by atoms with Crippen molar-refractivity contribution in [3.63, 3.8) is 0 Å². The lowest BCUT2D eigenvalue weighted by Crippen LogP contribution is -2.65. The average Bonchev–Trinajstić information content (AvgIpc) is 2.93. The van der Waals surface area contributed by atoms with Crippen LogP contribution in [0.2, 0.25) is 0 Å². The van der Waals surface area contributed by atoms with Gasteiger partial charge in [0.15, 0.2) is 25.2 Å². The maximum absolute atomic E-state index is 10.9. The van der Waals surface area contributed by atoms with Gasteiger partial charge in [0.1, 0.15) is 79.4 Å². The zero-order chi connectivity index (χ0) is 29.5. The van der Waals surface area contributed by atoms with E-state index in [2.05, 4.69) is 0 Å². The van der Waals surface area contributed by atoms with Crippen LogP contribution in [0, 0.1) is 0 Å². The predicted octanol–water partition coefficient (Wildman–Crippen LogP) is -7.44. The molecule has 0 aliphatic carbocycles. The van der Waals surface area contributed by atoms with Crippen LogP contribution in [0.25, 0.3) is 0 Å². The van der Waals surface area contributed by atoms with E-state index in [1.54, 1.807) is 0 Å². The quantitative estimate of drug-likeness (QED) is 0.131. The summed E-state index contributed by atoms with van der Waals surface area (Å²) in [7, 11) is 0. The monoisotopic (exact) mass is 590 g/mol. The topological polar surface area (TPSA) is 287 Å². The second-order valence-corrected chi connectivity index (χ2v) is 10.2. The Kier molecular flexibility index (Phi) is 10.7. The summed E-state index contributed by atoms with van der Waals surface area (Å²) in [5.41, 5.74) is 0. The molecule has 0 saturated carbocycles. The van der Waals surface area contributed by atoms with Gasteiger partial charge in [0, 0.05) is 0 Å². The molecule has 0 aromatic heterocycles. The summed E-state index contributed by atoms with van der Waals surface area (Å²) in [6, 6.07) is 0. The molecule has 4 fully saturated rings. The molecule has 18 heteroatoms. The average molecular weight is 591 g/mol. The molecule has 0 spiro atoms. The normalized spacial score (nSPS) is 54.3. The fraction of sp³-hybridized carbons (Fsp3) is 1.00. The summed E-state index contributed by atoms with van der Waals surface area (Å²) in [6.07, 6.45) is -28.4. The summed E-state index contributed by atoms with van der Waals surface area (Å²) in [5, 5.41) is 112. The molecular weight excluding hydrogens is 552 g/mol. The van der Waals surface area contributed by atoms with Gasteiger partial charge >= 0.3 is 0 Å². The van der Waals surface area contributed by atoms with Crippen molar-refractivity contribution in [1.82, 2.24) is 0 Å². The number of hydrogen-bond donors (Lipinski definition) is 11.